The maximum Gasteiger partial charge on any atom is 0.0670 e. The first-order valence-corrected chi connectivity index (χ1v) is 8.30. The molecule has 1 fully saturated rings. The lowest BCUT2D eigenvalue weighted by molar-refractivity contribution is 0.165. The van der Waals surface area contributed by atoms with Crippen LogP contribution in [0.25, 0.3) is 0 Å². The van der Waals surface area contributed by atoms with E-state index < -0.39 is 0 Å². The van der Waals surface area contributed by atoms with Crippen LogP contribution in [0.1, 0.15) is 58.7 Å². The van der Waals surface area contributed by atoms with Crippen LogP contribution in [0.3, 0.4) is 0 Å². The zero-order valence-corrected chi connectivity index (χ0v) is 14.0. The van der Waals surface area contributed by atoms with Crippen molar-refractivity contribution in [1.82, 2.24) is 9.88 Å². The third kappa shape index (κ3) is 4.27. The largest absolute Gasteiger partial charge is 0.326 e. The molecule has 1 aliphatic heterocycles. The van der Waals surface area contributed by atoms with Crippen LogP contribution in [0.5, 0.6) is 0 Å². The van der Waals surface area contributed by atoms with Gasteiger partial charge in [-0.25, -0.2) is 0 Å². The third-order valence-electron chi connectivity index (χ3n) is 4.87. The van der Waals surface area contributed by atoms with Crippen molar-refractivity contribution < 1.29 is 0 Å². The van der Waals surface area contributed by atoms with Crippen LogP contribution in [-0.2, 0) is 0 Å². The molecule has 21 heavy (non-hydrogen) atoms. The van der Waals surface area contributed by atoms with Crippen LogP contribution < -0.4 is 5.73 Å². The van der Waals surface area contributed by atoms with Crippen LogP contribution in [0, 0.1) is 11.3 Å². The number of likely N-dealkylation sites (tertiary alicyclic amines) is 1. The van der Waals surface area contributed by atoms with E-state index in [4.69, 9.17) is 5.73 Å². The zero-order chi connectivity index (χ0) is 15.5. The Morgan fingerprint density at radius 3 is 2.57 bits per heavy atom. The number of aromatic nitrogens is 1. The monoisotopic (exact) mass is 289 g/mol. The molecule has 0 spiro atoms. The molecule has 0 aliphatic carbocycles. The Balaban J connectivity index is 2.12. The number of nitrogens with zero attached hydrogens (tertiary/aromatic N) is 2. The van der Waals surface area contributed by atoms with Crippen molar-refractivity contribution in [1.29, 1.82) is 0 Å². The highest BCUT2D eigenvalue weighted by Crippen LogP contribution is 2.36. The average molecular weight is 289 g/mol. The molecule has 3 unspecified atom stereocenters. The number of hydrogen-bond acceptors (Lipinski definition) is 3. The number of pyridine rings is 1. The van der Waals surface area contributed by atoms with Gasteiger partial charge in [0, 0.05) is 12.2 Å². The average Bonchev–Trinajstić information content (AvgIpc) is 2.65. The van der Waals surface area contributed by atoms with Crippen molar-refractivity contribution in [2.45, 2.75) is 59.0 Å². The summed E-state index contributed by atoms with van der Waals surface area (Å²) in [6.45, 7) is 11.5. The Bertz CT molecular complexity index is 422. The van der Waals surface area contributed by atoms with Crippen LogP contribution >= 0.6 is 0 Å². The van der Waals surface area contributed by atoms with E-state index in [1.165, 1.54) is 19.3 Å². The normalized spacial score (nSPS) is 24.3. The van der Waals surface area contributed by atoms with Crippen molar-refractivity contribution in [3.05, 3.63) is 30.1 Å². The summed E-state index contributed by atoms with van der Waals surface area (Å²) >= 11 is 0. The summed E-state index contributed by atoms with van der Waals surface area (Å²) in [6, 6.07) is 6.49. The molecule has 0 aromatic carbocycles. The van der Waals surface area contributed by atoms with Crippen molar-refractivity contribution >= 4 is 0 Å². The first kappa shape index (κ1) is 16.4. The highest BCUT2D eigenvalue weighted by Gasteiger charge is 2.31. The molecule has 1 saturated heterocycles. The van der Waals surface area contributed by atoms with E-state index in [1.54, 1.807) is 0 Å². The molecule has 2 rings (SSSR count). The maximum atomic E-state index is 6.29. The summed E-state index contributed by atoms with van der Waals surface area (Å²) < 4.78 is 0. The van der Waals surface area contributed by atoms with Gasteiger partial charge in [-0.1, -0.05) is 26.8 Å². The van der Waals surface area contributed by atoms with Crippen molar-refractivity contribution in [2.75, 3.05) is 13.1 Å². The maximum absolute atomic E-state index is 6.29. The van der Waals surface area contributed by atoms with Crippen LogP contribution in [0.2, 0.25) is 0 Å². The van der Waals surface area contributed by atoms with Gasteiger partial charge in [0.25, 0.3) is 0 Å². The fourth-order valence-corrected chi connectivity index (χ4v) is 3.60. The number of nitrogens with two attached hydrogens (primary N) is 1. The Morgan fingerprint density at radius 2 is 2.00 bits per heavy atom. The highest BCUT2D eigenvalue weighted by atomic mass is 15.2. The van der Waals surface area contributed by atoms with E-state index in [2.05, 4.69) is 49.7 Å². The van der Waals surface area contributed by atoms with E-state index in [-0.39, 0.29) is 12.1 Å². The quantitative estimate of drug-likeness (QED) is 0.924. The second kappa shape index (κ2) is 6.89. The summed E-state index contributed by atoms with van der Waals surface area (Å²) in [5, 5.41) is 0. The highest BCUT2D eigenvalue weighted by molar-refractivity contribution is 5.11. The molecule has 3 heteroatoms. The lowest BCUT2D eigenvalue weighted by Crippen LogP contribution is -2.40. The zero-order valence-electron chi connectivity index (χ0n) is 14.0. The minimum absolute atomic E-state index is 0.103. The summed E-state index contributed by atoms with van der Waals surface area (Å²) in [4.78, 5) is 7.11. The van der Waals surface area contributed by atoms with Gasteiger partial charge < -0.3 is 5.73 Å². The van der Waals surface area contributed by atoms with Gasteiger partial charge >= 0.3 is 0 Å². The summed E-state index contributed by atoms with van der Waals surface area (Å²) in [5.41, 5.74) is 7.81. The van der Waals surface area contributed by atoms with Gasteiger partial charge in [-0.3, -0.25) is 9.88 Å². The molecule has 1 aromatic rings. The predicted molar refractivity (Wildman–Crippen MR) is 89.0 cm³/mol. The molecule has 1 aliphatic rings. The van der Waals surface area contributed by atoms with Crippen molar-refractivity contribution in [3.63, 3.8) is 0 Å². The Hall–Kier alpha value is -0.930. The molecule has 118 valence electrons. The minimum atomic E-state index is 0.103. The summed E-state index contributed by atoms with van der Waals surface area (Å²) in [7, 11) is 0. The third-order valence-corrected chi connectivity index (χ3v) is 4.87. The van der Waals surface area contributed by atoms with E-state index >= 15 is 0 Å². The lowest BCUT2D eigenvalue weighted by Gasteiger charge is -2.34. The molecule has 2 heterocycles. The predicted octanol–water partition coefficient (Wildman–Crippen LogP) is 3.62. The van der Waals surface area contributed by atoms with Gasteiger partial charge in [0.15, 0.2) is 0 Å². The molecule has 0 amide bonds. The van der Waals surface area contributed by atoms with Gasteiger partial charge in [-0.2, -0.15) is 0 Å². The topological polar surface area (TPSA) is 42.1 Å². The Kier molecular flexibility index (Phi) is 5.39. The van der Waals surface area contributed by atoms with Crippen molar-refractivity contribution in [3.8, 4) is 0 Å². The molecular weight excluding hydrogens is 258 g/mol. The van der Waals surface area contributed by atoms with Crippen LogP contribution in [0.15, 0.2) is 24.4 Å². The van der Waals surface area contributed by atoms with E-state index in [0.717, 1.165) is 24.7 Å². The molecular formula is C18H31N3. The fraction of sp³-hybridized carbons (Fsp3) is 0.722. The number of hydrogen-bond donors (Lipinski definition) is 1. The standard InChI is InChI=1S/C18H31N3/c1-14(19)17(16-9-5-6-11-20-16)21-12-7-8-15(10-13-21)18(2,3)4/h5-6,9,11,14-15,17H,7-8,10,12-13,19H2,1-4H3. The Morgan fingerprint density at radius 1 is 1.24 bits per heavy atom. The van der Waals surface area contributed by atoms with E-state index in [9.17, 15) is 0 Å². The van der Waals surface area contributed by atoms with Gasteiger partial charge in [0.2, 0.25) is 0 Å². The SMILES string of the molecule is CC(N)C(c1ccccn1)N1CCCC(C(C)(C)C)CC1. The molecule has 3 atom stereocenters. The number of rotatable bonds is 3. The molecule has 2 N–H and O–H groups in total. The molecule has 3 nitrogen and oxygen atoms in total. The first-order valence-electron chi connectivity index (χ1n) is 8.30. The second-order valence-electron chi connectivity index (χ2n) is 7.59. The van der Waals surface area contributed by atoms with E-state index in [1.807, 2.05) is 12.3 Å². The van der Waals surface area contributed by atoms with Crippen LogP contribution in [0.4, 0.5) is 0 Å². The smallest absolute Gasteiger partial charge is 0.0670 e. The van der Waals surface area contributed by atoms with Gasteiger partial charge in [-0.05, 0) is 62.7 Å². The fourth-order valence-electron chi connectivity index (χ4n) is 3.60. The van der Waals surface area contributed by atoms with Gasteiger partial charge in [-0.15, -0.1) is 0 Å². The molecule has 0 saturated carbocycles. The minimum Gasteiger partial charge on any atom is -0.326 e. The molecule has 0 radical (unpaired) electrons. The van der Waals surface area contributed by atoms with Crippen molar-refractivity contribution in [2.24, 2.45) is 17.1 Å². The Labute approximate surface area is 129 Å². The van der Waals surface area contributed by atoms with Gasteiger partial charge in [0.1, 0.15) is 0 Å². The summed E-state index contributed by atoms with van der Waals surface area (Å²) in [5.74, 6) is 0.806. The first-order chi connectivity index (χ1) is 9.89. The second-order valence-corrected chi connectivity index (χ2v) is 7.59. The summed E-state index contributed by atoms with van der Waals surface area (Å²) in [6.07, 6.45) is 5.73. The molecule has 0 bridgehead atoms. The van der Waals surface area contributed by atoms with Crippen LogP contribution in [-0.4, -0.2) is 29.0 Å². The molecule has 1 aromatic heterocycles. The van der Waals surface area contributed by atoms with E-state index in [0.29, 0.717) is 5.41 Å². The van der Waals surface area contributed by atoms with Gasteiger partial charge in [0.05, 0.1) is 11.7 Å². The lowest BCUT2D eigenvalue weighted by atomic mass is 9.77.